The van der Waals surface area contributed by atoms with Gasteiger partial charge in [-0.1, -0.05) is 18.2 Å². The minimum absolute atomic E-state index is 0.272. The normalized spacial score (nSPS) is 15.4. The number of benzene rings is 2. The van der Waals surface area contributed by atoms with E-state index in [1.165, 1.54) is 24.3 Å². The van der Waals surface area contributed by atoms with E-state index in [4.69, 9.17) is 0 Å². The van der Waals surface area contributed by atoms with Crippen molar-refractivity contribution in [1.82, 2.24) is 9.88 Å². The molecule has 0 aliphatic carbocycles. The summed E-state index contributed by atoms with van der Waals surface area (Å²) in [5.74, 6) is -0.272. The van der Waals surface area contributed by atoms with Crippen molar-refractivity contribution in [2.45, 2.75) is 12.7 Å². The van der Waals surface area contributed by atoms with E-state index in [9.17, 15) is 17.6 Å². The van der Waals surface area contributed by atoms with E-state index in [0.717, 1.165) is 36.0 Å². The van der Waals surface area contributed by atoms with Gasteiger partial charge in [0.1, 0.15) is 5.82 Å². The van der Waals surface area contributed by atoms with Crippen molar-refractivity contribution in [3.05, 3.63) is 83.9 Å². The average Bonchev–Trinajstić information content (AvgIpc) is 2.74. The molecule has 0 amide bonds. The number of aromatic nitrogens is 1. The Balaban J connectivity index is 1.39. The lowest BCUT2D eigenvalue weighted by Gasteiger charge is -2.36. The SMILES string of the molecule is Fc1ccc(-c2ccnc(CN3CCN(c4cccc(C(F)(F)F)c4)CC3)c2)cc1. The smallest absolute Gasteiger partial charge is 0.369 e. The molecular formula is C23H21F4N3. The third-order valence-corrected chi connectivity index (χ3v) is 5.29. The van der Waals surface area contributed by atoms with Crippen molar-refractivity contribution < 1.29 is 17.6 Å². The van der Waals surface area contributed by atoms with Crippen LogP contribution in [0, 0.1) is 5.82 Å². The molecule has 7 heteroatoms. The van der Waals surface area contributed by atoms with Crippen LogP contribution in [0.1, 0.15) is 11.3 Å². The monoisotopic (exact) mass is 415 g/mol. The van der Waals surface area contributed by atoms with Gasteiger partial charge >= 0.3 is 6.18 Å². The van der Waals surface area contributed by atoms with Crippen LogP contribution in [0.3, 0.4) is 0 Å². The molecule has 1 aliphatic heterocycles. The van der Waals surface area contributed by atoms with Gasteiger partial charge in [0.2, 0.25) is 0 Å². The van der Waals surface area contributed by atoms with Gasteiger partial charge in [0, 0.05) is 44.6 Å². The van der Waals surface area contributed by atoms with E-state index < -0.39 is 11.7 Å². The van der Waals surface area contributed by atoms with E-state index in [1.807, 2.05) is 17.0 Å². The fraction of sp³-hybridized carbons (Fsp3) is 0.261. The van der Waals surface area contributed by atoms with Crippen LogP contribution in [0.2, 0.25) is 0 Å². The molecule has 0 N–H and O–H groups in total. The summed E-state index contributed by atoms with van der Waals surface area (Å²) in [5.41, 5.74) is 2.78. The second kappa shape index (κ2) is 8.44. The minimum Gasteiger partial charge on any atom is -0.369 e. The first-order valence-corrected chi connectivity index (χ1v) is 9.74. The van der Waals surface area contributed by atoms with E-state index in [2.05, 4.69) is 9.88 Å². The molecule has 1 fully saturated rings. The number of halogens is 4. The number of alkyl halides is 3. The summed E-state index contributed by atoms with van der Waals surface area (Å²) in [7, 11) is 0. The first-order valence-electron chi connectivity index (χ1n) is 9.74. The molecule has 1 aromatic heterocycles. The Hall–Kier alpha value is -2.93. The fourth-order valence-corrected chi connectivity index (χ4v) is 3.66. The number of piperazine rings is 1. The van der Waals surface area contributed by atoms with E-state index in [-0.39, 0.29) is 5.82 Å². The summed E-state index contributed by atoms with van der Waals surface area (Å²) >= 11 is 0. The molecule has 0 bridgehead atoms. The molecule has 1 saturated heterocycles. The minimum atomic E-state index is -4.33. The maximum absolute atomic E-state index is 13.1. The van der Waals surface area contributed by atoms with Crippen molar-refractivity contribution in [2.24, 2.45) is 0 Å². The van der Waals surface area contributed by atoms with E-state index >= 15 is 0 Å². The van der Waals surface area contributed by atoms with Crippen LogP contribution in [0.15, 0.2) is 66.9 Å². The molecular weight excluding hydrogens is 394 g/mol. The summed E-state index contributed by atoms with van der Waals surface area (Å²) < 4.78 is 52.0. The van der Waals surface area contributed by atoms with Gasteiger partial charge in [-0.25, -0.2) is 4.39 Å². The molecule has 0 saturated carbocycles. The van der Waals surface area contributed by atoms with Crippen molar-refractivity contribution in [3.63, 3.8) is 0 Å². The van der Waals surface area contributed by atoms with Crippen LogP contribution < -0.4 is 4.90 Å². The predicted octanol–water partition coefficient (Wildman–Crippen LogP) is 5.23. The molecule has 3 aromatic rings. The van der Waals surface area contributed by atoms with Gasteiger partial charge in [-0.3, -0.25) is 9.88 Å². The zero-order chi connectivity index (χ0) is 21.1. The van der Waals surface area contributed by atoms with Gasteiger partial charge in [0.25, 0.3) is 0 Å². The van der Waals surface area contributed by atoms with Gasteiger partial charge < -0.3 is 4.90 Å². The quantitative estimate of drug-likeness (QED) is 0.544. The molecule has 1 aliphatic rings. The average molecular weight is 415 g/mol. The Morgan fingerprint density at radius 3 is 2.27 bits per heavy atom. The highest BCUT2D eigenvalue weighted by Gasteiger charge is 2.31. The van der Waals surface area contributed by atoms with Crippen LogP contribution in [0.4, 0.5) is 23.2 Å². The number of hydrogen-bond donors (Lipinski definition) is 0. The lowest BCUT2D eigenvalue weighted by atomic mass is 10.1. The summed E-state index contributed by atoms with van der Waals surface area (Å²) in [6.07, 6.45) is -2.59. The molecule has 4 rings (SSSR count). The standard InChI is InChI=1S/C23H21F4N3/c24-20-6-4-17(5-7-20)18-8-9-28-21(14-18)16-29-10-12-30(13-11-29)22-3-1-2-19(15-22)23(25,26)27/h1-9,14-15H,10-13,16H2. The van der Waals surface area contributed by atoms with Crippen LogP contribution in [-0.4, -0.2) is 36.1 Å². The molecule has 0 unspecified atom stereocenters. The van der Waals surface area contributed by atoms with Gasteiger partial charge in [0.15, 0.2) is 0 Å². The summed E-state index contributed by atoms with van der Waals surface area (Å²) in [6.45, 7) is 3.43. The predicted molar refractivity (Wildman–Crippen MR) is 109 cm³/mol. The van der Waals surface area contributed by atoms with Crippen molar-refractivity contribution >= 4 is 5.69 Å². The topological polar surface area (TPSA) is 19.4 Å². The second-order valence-corrected chi connectivity index (χ2v) is 7.35. The second-order valence-electron chi connectivity index (χ2n) is 7.35. The third kappa shape index (κ3) is 4.79. The van der Waals surface area contributed by atoms with E-state index in [1.54, 1.807) is 24.4 Å². The fourth-order valence-electron chi connectivity index (χ4n) is 3.66. The Bertz CT molecular complexity index is 994. The molecule has 0 radical (unpaired) electrons. The summed E-state index contributed by atoms with van der Waals surface area (Å²) in [5, 5.41) is 0. The highest BCUT2D eigenvalue weighted by molar-refractivity contribution is 5.63. The van der Waals surface area contributed by atoms with Crippen LogP contribution >= 0.6 is 0 Å². The highest BCUT2D eigenvalue weighted by atomic mass is 19.4. The lowest BCUT2D eigenvalue weighted by molar-refractivity contribution is -0.137. The largest absolute Gasteiger partial charge is 0.416 e. The summed E-state index contributed by atoms with van der Waals surface area (Å²) in [4.78, 5) is 8.66. The molecule has 0 atom stereocenters. The molecule has 3 nitrogen and oxygen atoms in total. The van der Waals surface area contributed by atoms with Crippen LogP contribution in [-0.2, 0) is 12.7 Å². The van der Waals surface area contributed by atoms with Gasteiger partial charge in [-0.15, -0.1) is 0 Å². The third-order valence-electron chi connectivity index (χ3n) is 5.29. The molecule has 30 heavy (non-hydrogen) atoms. The maximum atomic E-state index is 13.1. The van der Waals surface area contributed by atoms with E-state index in [0.29, 0.717) is 25.3 Å². The number of hydrogen-bond acceptors (Lipinski definition) is 3. The molecule has 156 valence electrons. The Morgan fingerprint density at radius 1 is 0.833 bits per heavy atom. The number of nitrogens with zero attached hydrogens (tertiary/aromatic N) is 3. The highest BCUT2D eigenvalue weighted by Crippen LogP contribution is 2.32. The Kier molecular flexibility index (Phi) is 5.72. The lowest BCUT2D eigenvalue weighted by Crippen LogP contribution is -2.46. The maximum Gasteiger partial charge on any atom is 0.416 e. The molecule has 2 aromatic carbocycles. The number of anilines is 1. The number of pyridine rings is 1. The van der Waals surface area contributed by atoms with Crippen LogP contribution in [0.5, 0.6) is 0 Å². The summed E-state index contributed by atoms with van der Waals surface area (Å²) in [6, 6.07) is 15.7. The van der Waals surface area contributed by atoms with Crippen molar-refractivity contribution in [1.29, 1.82) is 0 Å². The zero-order valence-corrected chi connectivity index (χ0v) is 16.2. The van der Waals surface area contributed by atoms with Gasteiger partial charge in [-0.2, -0.15) is 13.2 Å². The Morgan fingerprint density at radius 2 is 1.57 bits per heavy atom. The zero-order valence-electron chi connectivity index (χ0n) is 16.2. The van der Waals surface area contributed by atoms with Crippen LogP contribution in [0.25, 0.3) is 11.1 Å². The first kappa shape index (κ1) is 20.3. The van der Waals surface area contributed by atoms with Crippen molar-refractivity contribution in [3.8, 4) is 11.1 Å². The van der Waals surface area contributed by atoms with Gasteiger partial charge in [-0.05, 0) is 53.6 Å². The first-order chi connectivity index (χ1) is 14.4. The molecule has 0 spiro atoms. The molecule has 2 heterocycles. The Labute approximate surface area is 172 Å². The number of rotatable bonds is 4. The van der Waals surface area contributed by atoms with Crippen molar-refractivity contribution in [2.75, 3.05) is 31.1 Å². The van der Waals surface area contributed by atoms with Gasteiger partial charge in [0.05, 0.1) is 11.3 Å².